The highest BCUT2D eigenvalue weighted by Gasteiger charge is 2.36. The Balaban J connectivity index is 1.99. The first kappa shape index (κ1) is 15.6. The van der Waals surface area contributed by atoms with Gasteiger partial charge in [-0.05, 0) is 31.9 Å². The van der Waals surface area contributed by atoms with Crippen LogP contribution in [-0.2, 0) is 6.42 Å². The first-order chi connectivity index (χ1) is 11.0. The molecule has 0 bridgehead atoms. The highest BCUT2D eigenvalue weighted by molar-refractivity contribution is 5.95. The van der Waals surface area contributed by atoms with E-state index in [1.807, 2.05) is 13.8 Å². The summed E-state index contributed by atoms with van der Waals surface area (Å²) in [5, 5.41) is 3.97. The van der Waals surface area contributed by atoms with Crippen molar-refractivity contribution in [1.29, 1.82) is 0 Å². The summed E-state index contributed by atoms with van der Waals surface area (Å²) in [6.45, 7) is 4.23. The average Bonchev–Trinajstić information content (AvgIpc) is 3.12. The third kappa shape index (κ3) is 2.62. The van der Waals surface area contributed by atoms with Gasteiger partial charge in [0.2, 0.25) is 0 Å². The van der Waals surface area contributed by atoms with E-state index in [0.29, 0.717) is 13.0 Å². The molecule has 4 nitrogen and oxygen atoms in total. The number of amides is 1. The molecule has 0 spiro atoms. The Morgan fingerprint density at radius 2 is 2.09 bits per heavy atom. The summed E-state index contributed by atoms with van der Waals surface area (Å²) < 4.78 is 33.2. The molecule has 2 aromatic rings. The number of hydrogen-bond donors (Lipinski definition) is 0. The van der Waals surface area contributed by atoms with E-state index < -0.39 is 23.1 Å². The topological polar surface area (TPSA) is 46.3 Å². The molecule has 1 saturated heterocycles. The van der Waals surface area contributed by atoms with Crippen molar-refractivity contribution in [3.8, 4) is 0 Å². The molecule has 1 aromatic carbocycles. The number of likely N-dealkylation sites (tertiary alicyclic amines) is 1. The average molecular weight is 320 g/mol. The van der Waals surface area contributed by atoms with Crippen LogP contribution in [-0.4, -0.2) is 22.5 Å². The standard InChI is InChI=1S/C17H18F2N2O2/c1-3-14-15(10(2)20-23-14)13-8-5-9-21(13)17(22)16-11(18)6-4-7-12(16)19/h4,6-7,13H,3,5,8-9H2,1-2H3/t13-/m0/s1. The normalized spacial score (nSPS) is 17.7. The molecule has 122 valence electrons. The fourth-order valence-electron chi connectivity index (χ4n) is 3.26. The molecule has 1 fully saturated rings. The molecule has 3 rings (SSSR count). The minimum atomic E-state index is -0.835. The molecular weight excluding hydrogens is 302 g/mol. The van der Waals surface area contributed by atoms with E-state index in [1.54, 1.807) is 0 Å². The number of halogens is 2. The van der Waals surface area contributed by atoms with Gasteiger partial charge in [-0.3, -0.25) is 4.79 Å². The summed E-state index contributed by atoms with van der Waals surface area (Å²) >= 11 is 0. The Hall–Kier alpha value is -2.24. The molecule has 0 aliphatic carbocycles. The summed E-state index contributed by atoms with van der Waals surface area (Å²) in [4.78, 5) is 14.2. The second-order valence-electron chi connectivity index (χ2n) is 5.71. The van der Waals surface area contributed by atoms with Crippen molar-refractivity contribution in [1.82, 2.24) is 10.1 Å². The second-order valence-corrected chi connectivity index (χ2v) is 5.71. The first-order valence-corrected chi connectivity index (χ1v) is 7.74. The molecule has 6 heteroatoms. The highest BCUT2D eigenvalue weighted by Crippen LogP contribution is 2.37. The summed E-state index contributed by atoms with van der Waals surface area (Å²) in [6, 6.07) is 3.21. The Kier molecular flexibility index (Phi) is 4.15. The third-order valence-electron chi connectivity index (χ3n) is 4.33. The molecule has 0 saturated carbocycles. The van der Waals surface area contributed by atoms with Gasteiger partial charge in [0.25, 0.3) is 5.91 Å². The monoisotopic (exact) mass is 320 g/mol. The van der Waals surface area contributed by atoms with Crippen LogP contribution in [0.2, 0.25) is 0 Å². The van der Waals surface area contributed by atoms with Crippen molar-refractivity contribution in [3.63, 3.8) is 0 Å². The summed E-state index contributed by atoms with van der Waals surface area (Å²) in [7, 11) is 0. The number of carbonyl (C=O) groups is 1. The quantitative estimate of drug-likeness (QED) is 0.864. The van der Waals surface area contributed by atoms with Crippen LogP contribution in [0.5, 0.6) is 0 Å². The lowest BCUT2D eigenvalue weighted by atomic mass is 10.0. The molecule has 1 amide bonds. The van der Waals surface area contributed by atoms with Crippen LogP contribution in [0.1, 0.15) is 53.2 Å². The van der Waals surface area contributed by atoms with Gasteiger partial charge in [-0.2, -0.15) is 0 Å². The number of carbonyl (C=O) groups excluding carboxylic acids is 1. The number of aromatic nitrogens is 1. The lowest BCUT2D eigenvalue weighted by Crippen LogP contribution is -2.32. The molecule has 1 aromatic heterocycles. The van der Waals surface area contributed by atoms with Crippen LogP contribution in [0.15, 0.2) is 22.7 Å². The fraction of sp³-hybridized carbons (Fsp3) is 0.412. The molecule has 0 radical (unpaired) electrons. The summed E-state index contributed by atoms with van der Waals surface area (Å²) in [6.07, 6.45) is 2.17. The van der Waals surface area contributed by atoms with Crippen LogP contribution in [0.4, 0.5) is 8.78 Å². The van der Waals surface area contributed by atoms with Crippen LogP contribution in [0, 0.1) is 18.6 Å². The zero-order valence-corrected chi connectivity index (χ0v) is 13.1. The summed E-state index contributed by atoms with van der Waals surface area (Å²) in [5.41, 5.74) is 1.10. The Morgan fingerprint density at radius 1 is 1.39 bits per heavy atom. The van der Waals surface area contributed by atoms with E-state index in [9.17, 15) is 13.6 Å². The van der Waals surface area contributed by atoms with Crippen molar-refractivity contribution in [3.05, 3.63) is 52.4 Å². The molecule has 0 unspecified atom stereocenters. The van der Waals surface area contributed by atoms with E-state index in [0.717, 1.165) is 42.0 Å². The van der Waals surface area contributed by atoms with Crippen LogP contribution in [0.3, 0.4) is 0 Å². The molecule has 2 heterocycles. The number of benzene rings is 1. The van der Waals surface area contributed by atoms with Gasteiger partial charge >= 0.3 is 0 Å². The van der Waals surface area contributed by atoms with Gasteiger partial charge in [0.1, 0.15) is 23.0 Å². The van der Waals surface area contributed by atoms with E-state index >= 15 is 0 Å². The third-order valence-corrected chi connectivity index (χ3v) is 4.33. The van der Waals surface area contributed by atoms with Gasteiger partial charge in [0.15, 0.2) is 0 Å². The van der Waals surface area contributed by atoms with Crippen molar-refractivity contribution >= 4 is 5.91 Å². The van der Waals surface area contributed by atoms with E-state index in [1.165, 1.54) is 11.0 Å². The molecular formula is C17H18F2N2O2. The Bertz CT molecular complexity index is 722. The highest BCUT2D eigenvalue weighted by atomic mass is 19.1. The summed E-state index contributed by atoms with van der Waals surface area (Å²) in [5.74, 6) is -1.57. The lowest BCUT2D eigenvalue weighted by molar-refractivity contribution is 0.0724. The van der Waals surface area contributed by atoms with Crippen molar-refractivity contribution in [2.45, 2.75) is 39.2 Å². The maximum Gasteiger partial charge on any atom is 0.260 e. The number of rotatable bonds is 3. The minimum Gasteiger partial charge on any atom is -0.361 e. The molecule has 23 heavy (non-hydrogen) atoms. The largest absolute Gasteiger partial charge is 0.361 e. The molecule has 1 atom stereocenters. The van der Waals surface area contributed by atoms with Gasteiger partial charge in [0.05, 0.1) is 11.7 Å². The Labute approximate surface area is 133 Å². The molecule has 0 N–H and O–H groups in total. The maximum absolute atomic E-state index is 13.9. The van der Waals surface area contributed by atoms with Gasteiger partial charge in [-0.1, -0.05) is 18.1 Å². The van der Waals surface area contributed by atoms with Crippen LogP contribution < -0.4 is 0 Å². The van der Waals surface area contributed by atoms with E-state index in [4.69, 9.17) is 4.52 Å². The van der Waals surface area contributed by atoms with Crippen LogP contribution >= 0.6 is 0 Å². The molecule has 1 aliphatic heterocycles. The maximum atomic E-state index is 13.9. The van der Waals surface area contributed by atoms with Gasteiger partial charge in [-0.25, -0.2) is 8.78 Å². The van der Waals surface area contributed by atoms with Gasteiger partial charge < -0.3 is 9.42 Å². The first-order valence-electron chi connectivity index (χ1n) is 7.74. The van der Waals surface area contributed by atoms with Crippen molar-refractivity contribution in [2.24, 2.45) is 0 Å². The molecule has 1 aliphatic rings. The zero-order valence-electron chi connectivity index (χ0n) is 13.1. The SMILES string of the molecule is CCc1onc(C)c1[C@@H]1CCCN1C(=O)c1c(F)cccc1F. The fourth-order valence-corrected chi connectivity index (χ4v) is 3.26. The van der Waals surface area contributed by atoms with Crippen molar-refractivity contribution < 1.29 is 18.1 Å². The van der Waals surface area contributed by atoms with Gasteiger partial charge in [0, 0.05) is 18.5 Å². The second kappa shape index (κ2) is 6.10. The van der Waals surface area contributed by atoms with Crippen LogP contribution in [0.25, 0.3) is 0 Å². The number of aryl methyl sites for hydroxylation is 2. The van der Waals surface area contributed by atoms with E-state index in [-0.39, 0.29) is 6.04 Å². The number of hydrogen-bond acceptors (Lipinski definition) is 3. The minimum absolute atomic E-state index is 0.247. The smallest absolute Gasteiger partial charge is 0.260 e. The van der Waals surface area contributed by atoms with E-state index in [2.05, 4.69) is 5.16 Å². The number of nitrogens with zero attached hydrogens (tertiary/aromatic N) is 2. The lowest BCUT2D eigenvalue weighted by Gasteiger charge is -2.25. The zero-order chi connectivity index (χ0) is 16.6. The predicted molar refractivity (Wildman–Crippen MR) is 80.0 cm³/mol. The van der Waals surface area contributed by atoms with Crippen molar-refractivity contribution in [2.75, 3.05) is 6.54 Å². The van der Waals surface area contributed by atoms with Gasteiger partial charge in [-0.15, -0.1) is 0 Å². The predicted octanol–water partition coefficient (Wildman–Crippen LogP) is 3.80. The Morgan fingerprint density at radius 3 is 2.74 bits per heavy atom.